The van der Waals surface area contributed by atoms with Gasteiger partial charge >= 0.3 is 0 Å². The number of fused-ring (bicyclic) bond motifs is 1. The van der Waals surface area contributed by atoms with Crippen molar-refractivity contribution in [3.63, 3.8) is 0 Å². The number of aryl methyl sites for hydroxylation is 2. The van der Waals surface area contributed by atoms with Crippen molar-refractivity contribution in [1.29, 1.82) is 0 Å². The van der Waals surface area contributed by atoms with Crippen molar-refractivity contribution >= 4 is 16.9 Å². The van der Waals surface area contributed by atoms with E-state index in [1.165, 1.54) is 11.1 Å². The number of carbonyl (C=O) groups excluding carboxylic acids is 1. The van der Waals surface area contributed by atoms with Crippen molar-refractivity contribution in [3.8, 4) is 0 Å². The predicted molar refractivity (Wildman–Crippen MR) is 84.9 cm³/mol. The Kier molecular flexibility index (Phi) is 5.98. The summed E-state index contributed by atoms with van der Waals surface area (Å²) >= 11 is 0. The molecule has 2 aromatic rings. The molecule has 5 nitrogen and oxygen atoms in total. The molecule has 1 amide bonds. The third-order valence-corrected chi connectivity index (χ3v) is 3.64. The lowest BCUT2D eigenvalue weighted by atomic mass is 10.0. The fourth-order valence-electron chi connectivity index (χ4n) is 2.28. The van der Waals surface area contributed by atoms with Gasteiger partial charge in [-0.05, 0) is 43.5 Å². The summed E-state index contributed by atoms with van der Waals surface area (Å²) in [5.74, 6) is -0.0249. The second-order valence-corrected chi connectivity index (χ2v) is 5.41. The van der Waals surface area contributed by atoms with E-state index in [0.717, 1.165) is 23.0 Å². The van der Waals surface area contributed by atoms with E-state index in [4.69, 9.17) is 14.3 Å². The second-order valence-electron chi connectivity index (χ2n) is 5.41. The zero-order valence-corrected chi connectivity index (χ0v) is 13.1. The quantitative estimate of drug-likeness (QED) is 0.733. The van der Waals surface area contributed by atoms with Gasteiger partial charge in [-0.15, -0.1) is 0 Å². The molecule has 0 aliphatic rings. The lowest BCUT2D eigenvalue weighted by Gasteiger charge is -2.05. The van der Waals surface area contributed by atoms with E-state index in [0.29, 0.717) is 26.2 Å². The Balaban J connectivity index is 1.85. The molecule has 1 aromatic carbocycles. The molecule has 2 rings (SSSR count). The van der Waals surface area contributed by atoms with E-state index in [1.807, 2.05) is 13.0 Å². The molecule has 0 unspecified atom stereocenters. The van der Waals surface area contributed by atoms with Crippen LogP contribution < -0.4 is 5.32 Å². The predicted octanol–water partition coefficient (Wildman–Crippen LogP) is 2.11. The van der Waals surface area contributed by atoms with Gasteiger partial charge in [0.15, 0.2) is 0 Å². The molecular formula is C17H23NO4. The maximum atomic E-state index is 12.0. The van der Waals surface area contributed by atoms with Crippen molar-refractivity contribution in [2.75, 3.05) is 26.4 Å². The lowest BCUT2D eigenvalue weighted by Crippen LogP contribution is -2.26. The van der Waals surface area contributed by atoms with Crippen LogP contribution in [-0.4, -0.2) is 37.4 Å². The number of nitrogens with one attached hydrogen (secondary N) is 1. The van der Waals surface area contributed by atoms with Crippen molar-refractivity contribution in [1.82, 2.24) is 5.32 Å². The molecule has 0 bridgehead atoms. The highest BCUT2D eigenvalue weighted by Crippen LogP contribution is 2.25. The molecule has 22 heavy (non-hydrogen) atoms. The first-order valence-corrected chi connectivity index (χ1v) is 7.54. The summed E-state index contributed by atoms with van der Waals surface area (Å²) in [6.45, 7) is 5.57. The van der Waals surface area contributed by atoms with Crippen LogP contribution >= 0.6 is 0 Å². The summed E-state index contributed by atoms with van der Waals surface area (Å²) in [5.41, 5.74) is 4.10. The fraction of sp³-hybridized carbons (Fsp3) is 0.471. The molecule has 120 valence electrons. The molecule has 0 atom stereocenters. The highest BCUT2D eigenvalue weighted by Gasteiger charge is 2.11. The lowest BCUT2D eigenvalue weighted by molar-refractivity contribution is -0.120. The molecule has 0 aliphatic heterocycles. The zero-order chi connectivity index (χ0) is 15.9. The monoisotopic (exact) mass is 305 g/mol. The zero-order valence-electron chi connectivity index (χ0n) is 13.1. The Morgan fingerprint density at radius 1 is 1.27 bits per heavy atom. The van der Waals surface area contributed by atoms with Crippen LogP contribution in [0.1, 0.15) is 23.1 Å². The number of amides is 1. The molecule has 5 heteroatoms. The van der Waals surface area contributed by atoms with E-state index in [-0.39, 0.29) is 12.5 Å². The summed E-state index contributed by atoms with van der Waals surface area (Å²) in [5, 5.41) is 12.4. The number of aliphatic hydroxyl groups excluding tert-OH is 1. The maximum Gasteiger partial charge on any atom is 0.224 e. The second kappa shape index (κ2) is 7.96. The average molecular weight is 305 g/mol. The average Bonchev–Trinajstić information content (AvgIpc) is 2.85. The van der Waals surface area contributed by atoms with Crippen LogP contribution in [0.15, 0.2) is 22.8 Å². The molecule has 0 aliphatic carbocycles. The van der Waals surface area contributed by atoms with Crippen LogP contribution in [0.2, 0.25) is 0 Å². The molecule has 0 spiro atoms. The summed E-state index contributed by atoms with van der Waals surface area (Å²) in [6, 6.07) is 4.07. The maximum absolute atomic E-state index is 12.0. The normalized spacial score (nSPS) is 11.0. The molecule has 0 saturated carbocycles. The molecule has 0 radical (unpaired) electrons. The Morgan fingerprint density at radius 2 is 2.05 bits per heavy atom. The van der Waals surface area contributed by atoms with E-state index >= 15 is 0 Å². The van der Waals surface area contributed by atoms with Crippen LogP contribution in [0.25, 0.3) is 11.0 Å². The minimum atomic E-state index is -0.0249. The number of benzene rings is 1. The van der Waals surface area contributed by atoms with E-state index in [1.54, 1.807) is 6.26 Å². The SMILES string of the molecule is Cc1cc2occ(CC(=O)NCCCOCCO)c2cc1C. The standard InChI is InChI=1S/C17H23NO4/c1-12-8-15-14(11-22-16(15)9-13(12)2)10-17(20)18-4-3-6-21-7-5-19/h8-9,11,19H,3-7,10H2,1-2H3,(H,18,20). The summed E-state index contributed by atoms with van der Waals surface area (Å²) < 4.78 is 10.7. The van der Waals surface area contributed by atoms with Gasteiger partial charge in [-0.25, -0.2) is 0 Å². The van der Waals surface area contributed by atoms with Gasteiger partial charge in [-0.2, -0.15) is 0 Å². The van der Waals surface area contributed by atoms with Crippen molar-refractivity contribution in [2.24, 2.45) is 0 Å². The first-order valence-electron chi connectivity index (χ1n) is 7.54. The van der Waals surface area contributed by atoms with Gasteiger partial charge in [0.05, 0.1) is 25.9 Å². The van der Waals surface area contributed by atoms with Crippen LogP contribution in [0, 0.1) is 13.8 Å². The number of rotatable bonds is 8. The van der Waals surface area contributed by atoms with Gasteiger partial charge < -0.3 is 19.6 Å². The van der Waals surface area contributed by atoms with Gasteiger partial charge in [0, 0.05) is 24.1 Å². The van der Waals surface area contributed by atoms with E-state index in [2.05, 4.69) is 18.3 Å². The number of ether oxygens (including phenoxy) is 1. The molecule has 1 heterocycles. The summed E-state index contributed by atoms with van der Waals surface area (Å²) in [4.78, 5) is 12.0. The van der Waals surface area contributed by atoms with E-state index in [9.17, 15) is 4.79 Å². The first-order chi connectivity index (χ1) is 10.6. The highest BCUT2D eigenvalue weighted by molar-refractivity contribution is 5.88. The van der Waals surface area contributed by atoms with E-state index < -0.39 is 0 Å². The molecular weight excluding hydrogens is 282 g/mol. The fourth-order valence-corrected chi connectivity index (χ4v) is 2.28. The number of furan rings is 1. The van der Waals surface area contributed by atoms with Crippen molar-refractivity contribution in [2.45, 2.75) is 26.7 Å². The Labute approximate surface area is 130 Å². The Bertz CT molecular complexity index is 633. The van der Waals surface area contributed by atoms with Crippen LogP contribution in [0.3, 0.4) is 0 Å². The highest BCUT2D eigenvalue weighted by atomic mass is 16.5. The largest absolute Gasteiger partial charge is 0.464 e. The third-order valence-electron chi connectivity index (χ3n) is 3.64. The number of hydrogen-bond donors (Lipinski definition) is 2. The van der Waals surface area contributed by atoms with Gasteiger partial charge in [0.2, 0.25) is 5.91 Å². The Hall–Kier alpha value is -1.85. The van der Waals surface area contributed by atoms with Crippen molar-refractivity contribution < 1.29 is 19.1 Å². The van der Waals surface area contributed by atoms with Gasteiger partial charge in [0.1, 0.15) is 5.58 Å². The molecule has 0 saturated heterocycles. The van der Waals surface area contributed by atoms with Crippen LogP contribution in [-0.2, 0) is 16.0 Å². The van der Waals surface area contributed by atoms with Gasteiger partial charge in [-0.1, -0.05) is 0 Å². The minimum Gasteiger partial charge on any atom is -0.464 e. The summed E-state index contributed by atoms with van der Waals surface area (Å²) in [7, 11) is 0. The van der Waals surface area contributed by atoms with Gasteiger partial charge in [0.25, 0.3) is 0 Å². The minimum absolute atomic E-state index is 0.0249. The van der Waals surface area contributed by atoms with Gasteiger partial charge in [-0.3, -0.25) is 4.79 Å². The van der Waals surface area contributed by atoms with Crippen LogP contribution in [0.5, 0.6) is 0 Å². The topological polar surface area (TPSA) is 71.7 Å². The number of hydrogen-bond acceptors (Lipinski definition) is 4. The number of aliphatic hydroxyl groups is 1. The molecule has 0 fully saturated rings. The van der Waals surface area contributed by atoms with Crippen LogP contribution in [0.4, 0.5) is 0 Å². The Morgan fingerprint density at radius 3 is 2.82 bits per heavy atom. The first kappa shape index (κ1) is 16.5. The number of carbonyl (C=O) groups is 1. The van der Waals surface area contributed by atoms with Crippen molar-refractivity contribution in [3.05, 3.63) is 35.1 Å². The summed E-state index contributed by atoms with van der Waals surface area (Å²) in [6.07, 6.45) is 2.71. The molecule has 1 aromatic heterocycles. The third kappa shape index (κ3) is 4.32. The molecule has 2 N–H and O–H groups in total. The smallest absolute Gasteiger partial charge is 0.224 e.